The van der Waals surface area contributed by atoms with Crippen LogP contribution in [-0.2, 0) is 4.74 Å². The van der Waals surface area contributed by atoms with Crippen LogP contribution in [0.25, 0.3) is 0 Å². The first kappa shape index (κ1) is 16.7. The third-order valence-electron chi connectivity index (χ3n) is 4.23. The number of hydrogen-bond donors (Lipinski definition) is 2. The molecule has 0 radical (unpaired) electrons. The summed E-state index contributed by atoms with van der Waals surface area (Å²) in [5.74, 6) is 0.342. The SMILES string of the molecule is NC(=O)c1cnc(NC[C@H]2CCCO[C@@H]2c2ccccc2)c(Cl)c1. The quantitative estimate of drug-likeness (QED) is 0.870. The van der Waals surface area contributed by atoms with Crippen molar-refractivity contribution >= 4 is 23.3 Å². The maximum Gasteiger partial charge on any atom is 0.250 e. The average molecular weight is 346 g/mol. The minimum Gasteiger partial charge on any atom is -0.373 e. The molecule has 6 heteroatoms. The van der Waals surface area contributed by atoms with Crippen molar-refractivity contribution in [2.45, 2.75) is 18.9 Å². The van der Waals surface area contributed by atoms with Gasteiger partial charge < -0.3 is 15.8 Å². The first-order valence-corrected chi connectivity index (χ1v) is 8.38. The van der Waals surface area contributed by atoms with Crippen molar-refractivity contribution < 1.29 is 9.53 Å². The highest BCUT2D eigenvalue weighted by molar-refractivity contribution is 6.33. The lowest BCUT2D eigenvalue weighted by Crippen LogP contribution is -2.28. The Morgan fingerprint density at radius 3 is 2.88 bits per heavy atom. The third-order valence-corrected chi connectivity index (χ3v) is 4.52. The van der Waals surface area contributed by atoms with Gasteiger partial charge in [0.15, 0.2) is 0 Å². The number of nitrogens with two attached hydrogens (primary N) is 1. The Morgan fingerprint density at radius 1 is 1.38 bits per heavy atom. The molecule has 3 rings (SSSR count). The van der Waals surface area contributed by atoms with E-state index in [0.717, 1.165) is 19.4 Å². The van der Waals surface area contributed by atoms with Gasteiger partial charge in [-0.15, -0.1) is 0 Å². The monoisotopic (exact) mass is 345 g/mol. The summed E-state index contributed by atoms with van der Waals surface area (Å²) in [6.07, 6.45) is 3.61. The molecule has 2 aromatic rings. The minimum atomic E-state index is -0.541. The number of benzene rings is 1. The van der Waals surface area contributed by atoms with Gasteiger partial charge in [0.05, 0.1) is 16.7 Å². The summed E-state index contributed by atoms with van der Waals surface area (Å²) in [7, 11) is 0. The van der Waals surface area contributed by atoms with E-state index in [-0.39, 0.29) is 6.10 Å². The van der Waals surface area contributed by atoms with Crippen molar-refractivity contribution in [3.05, 3.63) is 58.7 Å². The maximum absolute atomic E-state index is 11.2. The third kappa shape index (κ3) is 3.86. The molecule has 0 aliphatic carbocycles. The molecule has 0 bridgehead atoms. The molecule has 1 aliphatic heterocycles. The summed E-state index contributed by atoms with van der Waals surface area (Å²) in [6.45, 7) is 1.48. The van der Waals surface area contributed by atoms with Gasteiger partial charge in [-0.3, -0.25) is 4.79 Å². The molecule has 1 aromatic carbocycles. The molecule has 1 aromatic heterocycles. The summed E-state index contributed by atoms with van der Waals surface area (Å²) >= 11 is 6.18. The summed E-state index contributed by atoms with van der Waals surface area (Å²) in [6, 6.07) is 11.8. The van der Waals surface area contributed by atoms with Crippen LogP contribution in [0.3, 0.4) is 0 Å². The number of carbonyl (C=O) groups excluding carboxylic acids is 1. The number of ether oxygens (including phenoxy) is 1. The minimum absolute atomic E-state index is 0.0659. The molecule has 1 aliphatic rings. The van der Waals surface area contributed by atoms with E-state index >= 15 is 0 Å². The molecule has 3 N–H and O–H groups in total. The van der Waals surface area contributed by atoms with E-state index in [9.17, 15) is 4.79 Å². The van der Waals surface area contributed by atoms with Crippen LogP contribution >= 0.6 is 11.6 Å². The van der Waals surface area contributed by atoms with Crippen LogP contribution in [0.4, 0.5) is 5.82 Å². The molecule has 5 nitrogen and oxygen atoms in total. The second-order valence-corrected chi connectivity index (χ2v) is 6.31. The molecule has 0 saturated carbocycles. The van der Waals surface area contributed by atoms with Crippen LogP contribution in [0.15, 0.2) is 42.6 Å². The number of halogens is 1. The normalized spacial score (nSPS) is 20.5. The van der Waals surface area contributed by atoms with Crippen molar-refractivity contribution in [1.82, 2.24) is 4.98 Å². The maximum atomic E-state index is 11.2. The number of amides is 1. The van der Waals surface area contributed by atoms with Gasteiger partial charge in [0.25, 0.3) is 0 Å². The zero-order valence-corrected chi connectivity index (χ0v) is 14.0. The molecule has 2 heterocycles. The second-order valence-electron chi connectivity index (χ2n) is 5.90. The predicted molar refractivity (Wildman–Crippen MR) is 94.1 cm³/mol. The molecule has 2 atom stereocenters. The topological polar surface area (TPSA) is 77.2 Å². The smallest absolute Gasteiger partial charge is 0.250 e. The van der Waals surface area contributed by atoms with Gasteiger partial charge in [0.1, 0.15) is 5.82 Å². The molecule has 126 valence electrons. The average Bonchev–Trinajstić information content (AvgIpc) is 2.61. The fraction of sp³-hybridized carbons (Fsp3) is 0.333. The number of aromatic nitrogens is 1. The van der Waals surface area contributed by atoms with Gasteiger partial charge in [-0.25, -0.2) is 4.98 Å². The molecule has 0 unspecified atom stereocenters. The van der Waals surface area contributed by atoms with E-state index in [4.69, 9.17) is 22.1 Å². The Labute approximate surface area is 146 Å². The van der Waals surface area contributed by atoms with Crippen molar-refractivity contribution in [1.29, 1.82) is 0 Å². The predicted octanol–water partition coefficient (Wildman–Crippen LogP) is 3.41. The Bertz CT molecular complexity index is 709. The van der Waals surface area contributed by atoms with Crippen molar-refractivity contribution in [2.75, 3.05) is 18.5 Å². The summed E-state index contributed by atoms with van der Waals surface area (Å²) < 4.78 is 5.99. The van der Waals surface area contributed by atoms with E-state index < -0.39 is 5.91 Å². The zero-order chi connectivity index (χ0) is 16.9. The van der Waals surface area contributed by atoms with Gasteiger partial charge >= 0.3 is 0 Å². The highest BCUT2D eigenvalue weighted by atomic mass is 35.5. The highest BCUT2D eigenvalue weighted by Gasteiger charge is 2.27. The molecule has 0 spiro atoms. The number of anilines is 1. The Morgan fingerprint density at radius 2 is 2.17 bits per heavy atom. The van der Waals surface area contributed by atoms with Crippen LogP contribution in [0.1, 0.15) is 34.9 Å². The van der Waals surface area contributed by atoms with Crippen LogP contribution in [0.2, 0.25) is 5.02 Å². The van der Waals surface area contributed by atoms with E-state index in [0.29, 0.717) is 28.9 Å². The Kier molecular flexibility index (Phi) is 5.33. The largest absolute Gasteiger partial charge is 0.373 e. The van der Waals surface area contributed by atoms with E-state index in [1.165, 1.54) is 17.8 Å². The van der Waals surface area contributed by atoms with E-state index in [1.807, 2.05) is 18.2 Å². The second kappa shape index (κ2) is 7.64. The van der Waals surface area contributed by atoms with Gasteiger partial charge in [0, 0.05) is 25.3 Å². The molecule has 24 heavy (non-hydrogen) atoms. The number of nitrogens with one attached hydrogen (secondary N) is 1. The lowest BCUT2D eigenvalue weighted by atomic mass is 9.89. The van der Waals surface area contributed by atoms with Gasteiger partial charge in [0.2, 0.25) is 5.91 Å². The van der Waals surface area contributed by atoms with Crippen molar-refractivity contribution in [2.24, 2.45) is 11.7 Å². The van der Waals surface area contributed by atoms with Gasteiger partial charge in [-0.1, -0.05) is 41.9 Å². The number of hydrogen-bond acceptors (Lipinski definition) is 4. The van der Waals surface area contributed by atoms with E-state index in [1.54, 1.807) is 0 Å². The number of rotatable bonds is 5. The Balaban J connectivity index is 1.69. The number of carbonyl (C=O) groups is 1. The standard InChI is InChI=1S/C18H20ClN3O2/c19-15-9-14(17(20)23)11-22-18(15)21-10-13-7-4-8-24-16(13)12-5-2-1-3-6-12/h1-3,5-6,9,11,13,16H,4,7-8,10H2,(H2,20,23)(H,21,22)/t13-,16-/m1/s1. The molecule has 1 saturated heterocycles. The first-order chi connectivity index (χ1) is 11.6. The molecule has 1 fully saturated rings. The van der Waals surface area contributed by atoms with Crippen LogP contribution in [0, 0.1) is 5.92 Å². The lowest BCUT2D eigenvalue weighted by Gasteiger charge is -2.32. The highest BCUT2D eigenvalue weighted by Crippen LogP contribution is 2.34. The summed E-state index contributed by atoms with van der Waals surface area (Å²) in [5.41, 5.74) is 6.72. The molecule has 1 amide bonds. The number of pyridine rings is 1. The fourth-order valence-corrected chi connectivity index (χ4v) is 3.23. The van der Waals surface area contributed by atoms with Crippen LogP contribution < -0.4 is 11.1 Å². The van der Waals surface area contributed by atoms with Crippen molar-refractivity contribution in [3.8, 4) is 0 Å². The van der Waals surface area contributed by atoms with E-state index in [2.05, 4.69) is 22.4 Å². The zero-order valence-electron chi connectivity index (χ0n) is 13.2. The summed E-state index contributed by atoms with van der Waals surface area (Å²) in [5, 5.41) is 3.66. The molecular formula is C18H20ClN3O2. The van der Waals surface area contributed by atoms with Gasteiger partial charge in [-0.2, -0.15) is 0 Å². The van der Waals surface area contributed by atoms with Crippen molar-refractivity contribution in [3.63, 3.8) is 0 Å². The first-order valence-electron chi connectivity index (χ1n) is 8.01. The van der Waals surface area contributed by atoms with Crippen LogP contribution in [-0.4, -0.2) is 24.0 Å². The molecular weight excluding hydrogens is 326 g/mol. The van der Waals surface area contributed by atoms with Gasteiger partial charge in [-0.05, 0) is 24.5 Å². The fourth-order valence-electron chi connectivity index (χ4n) is 2.99. The number of primary amides is 1. The number of nitrogens with zero attached hydrogens (tertiary/aromatic N) is 1. The summed E-state index contributed by atoms with van der Waals surface area (Å²) in [4.78, 5) is 15.4. The Hall–Kier alpha value is -2.11. The van der Waals surface area contributed by atoms with Crippen LogP contribution in [0.5, 0.6) is 0 Å². The lowest BCUT2D eigenvalue weighted by molar-refractivity contribution is -0.0238.